The van der Waals surface area contributed by atoms with Crippen LogP contribution in [0, 0.1) is 24.2 Å². The van der Waals surface area contributed by atoms with Crippen LogP contribution < -0.4 is 0 Å². The first kappa shape index (κ1) is 30.9. The number of aliphatic hydroxyl groups is 2. The molecule has 196 valence electrons. The molecular weight excluding hydrogens is 462 g/mol. The summed E-state index contributed by atoms with van der Waals surface area (Å²) in [7, 11) is 0. The predicted molar refractivity (Wildman–Crippen MR) is 143 cm³/mol. The first-order valence-corrected chi connectivity index (χ1v) is 13.1. The fourth-order valence-corrected chi connectivity index (χ4v) is 4.59. The van der Waals surface area contributed by atoms with Crippen molar-refractivity contribution in [2.75, 3.05) is 0 Å². The van der Waals surface area contributed by atoms with E-state index in [4.69, 9.17) is 4.74 Å². The molecule has 6 nitrogen and oxygen atoms in total. The number of hydrogen-bond acceptors (Lipinski definition) is 7. The van der Waals surface area contributed by atoms with Crippen molar-refractivity contribution in [3.05, 3.63) is 47.0 Å². The molecule has 0 aromatic carbocycles. The van der Waals surface area contributed by atoms with Gasteiger partial charge in [-0.15, -0.1) is 24.5 Å². The number of rotatable bonds is 16. The number of ketones is 1. The minimum Gasteiger partial charge on any atom is -0.457 e. The molecule has 1 aromatic heterocycles. The zero-order valence-corrected chi connectivity index (χ0v) is 22.9. The van der Waals surface area contributed by atoms with Crippen molar-refractivity contribution >= 4 is 29.2 Å². The number of nitrogens with zero attached hydrogens (tertiary/aromatic N) is 1. The summed E-state index contributed by atoms with van der Waals surface area (Å²) < 4.78 is 5.65. The van der Waals surface area contributed by atoms with Crippen LogP contribution in [0.3, 0.4) is 0 Å². The number of carbonyl (C=O) groups is 2. The molecule has 0 amide bonds. The molecule has 1 aromatic rings. The van der Waals surface area contributed by atoms with Crippen molar-refractivity contribution in [1.29, 1.82) is 0 Å². The van der Waals surface area contributed by atoms with Crippen molar-refractivity contribution in [3.8, 4) is 0 Å². The molecule has 2 N–H and O–H groups in total. The molecule has 1 rings (SSSR count). The highest BCUT2D eigenvalue weighted by molar-refractivity contribution is 7.09. The first-order valence-electron chi connectivity index (χ1n) is 12.3. The summed E-state index contributed by atoms with van der Waals surface area (Å²) in [5.41, 5.74) is 0.390. The molecule has 0 spiro atoms. The summed E-state index contributed by atoms with van der Waals surface area (Å²) in [4.78, 5) is 30.3. The summed E-state index contributed by atoms with van der Waals surface area (Å²) in [6, 6.07) is 0. The second kappa shape index (κ2) is 14.5. The number of unbranched alkanes of at least 4 members (excludes halogenated alkanes) is 1. The molecule has 1 unspecified atom stereocenters. The second-order valence-corrected chi connectivity index (χ2v) is 11.0. The van der Waals surface area contributed by atoms with Gasteiger partial charge in [-0.2, -0.15) is 0 Å². The van der Waals surface area contributed by atoms with Crippen molar-refractivity contribution in [2.45, 2.75) is 92.0 Å². The Morgan fingerprint density at radius 2 is 1.89 bits per heavy atom. The Balaban J connectivity index is 2.81. The Labute approximate surface area is 214 Å². The molecule has 0 aliphatic carbocycles. The highest BCUT2D eigenvalue weighted by atomic mass is 32.1. The topological polar surface area (TPSA) is 96.7 Å². The number of Topliss-reactive ketones (excluding diaryl/α,β-unsaturated/α-hetero) is 1. The number of esters is 1. The Morgan fingerprint density at radius 3 is 2.43 bits per heavy atom. The average molecular weight is 506 g/mol. The van der Waals surface area contributed by atoms with Crippen LogP contribution in [0.1, 0.15) is 77.4 Å². The number of thiazole rings is 1. The molecule has 0 fully saturated rings. The van der Waals surface area contributed by atoms with Gasteiger partial charge in [-0.25, -0.2) is 4.98 Å². The van der Waals surface area contributed by atoms with Gasteiger partial charge < -0.3 is 14.9 Å². The van der Waals surface area contributed by atoms with Gasteiger partial charge in [0.05, 0.1) is 34.7 Å². The monoisotopic (exact) mass is 505 g/mol. The Hall–Kier alpha value is -2.09. The molecule has 0 radical (unpaired) electrons. The molecule has 0 saturated heterocycles. The quantitative estimate of drug-likeness (QED) is 0.170. The summed E-state index contributed by atoms with van der Waals surface area (Å²) >= 11 is 1.54. The molecule has 0 saturated carbocycles. The maximum atomic E-state index is 13.2. The fourth-order valence-electron chi connectivity index (χ4n) is 4.02. The van der Waals surface area contributed by atoms with Crippen LogP contribution in [0.2, 0.25) is 0 Å². The second-order valence-electron chi connectivity index (χ2n) is 9.96. The summed E-state index contributed by atoms with van der Waals surface area (Å²) in [5.74, 6) is -1.62. The van der Waals surface area contributed by atoms with Gasteiger partial charge in [0.15, 0.2) is 0 Å². The predicted octanol–water partition coefficient (Wildman–Crippen LogP) is 5.68. The van der Waals surface area contributed by atoms with E-state index < -0.39 is 35.6 Å². The third kappa shape index (κ3) is 9.47. The van der Waals surface area contributed by atoms with Crippen molar-refractivity contribution in [3.63, 3.8) is 0 Å². The van der Waals surface area contributed by atoms with Crippen LogP contribution in [0.4, 0.5) is 0 Å². The van der Waals surface area contributed by atoms with Gasteiger partial charge in [0, 0.05) is 17.7 Å². The van der Waals surface area contributed by atoms with Gasteiger partial charge in [0.1, 0.15) is 11.9 Å². The molecule has 7 heteroatoms. The highest BCUT2D eigenvalue weighted by Gasteiger charge is 2.42. The zero-order valence-electron chi connectivity index (χ0n) is 22.1. The Morgan fingerprint density at radius 1 is 1.23 bits per heavy atom. The van der Waals surface area contributed by atoms with Crippen LogP contribution in [0.5, 0.6) is 0 Å². The van der Waals surface area contributed by atoms with Crippen LogP contribution in [0.15, 0.2) is 36.3 Å². The summed E-state index contributed by atoms with van der Waals surface area (Å²) in [6.07, 6.45) is 5.38. The van der Waals surface area contributed by atoms with Gasteiger partial charge in [-0.1, -0.05) is 39.8 Å². The minimum absolute atomic E-state index is 0.0669. The molecule has 35 heavy (non-hydrogen) atoms. The van der Waals surface area contributed by atoms with Crippen LogP contribution >= 0.6 is 11.3 Å². The van der Waals surface area contributed by atoms with E-state index >= 15 is 0 Å². The lowest BCUT2D eigenvalue weighted by molar-refractivity contribution is -0.154. The highest BCUT2D eigenvalue weighted by Crippen LogP contribution is 2.32. The largest absolute Gasteiger partial charge is 0.457 e. The summed E-state index contributed by atoms with van der Waals surface area (Å²) in [5, 5.41) is 24.4. The van der Waals surface area contributed by atoms with Gasteiger partial charge in [0.25, 0.3) is 0 Å². The molecule has 0 bridgehead atoms. The number of aromatic nitrogens is 1. The number of aliphatic hydroxyl groups excluding tert-OH is 2. The number of hydrogen-bond donors (Lipinski definition) is 2. The van der Waals surface area contributed by atoms with E-state index in [0.717, 1.165) is 35.5 Å². The van der Waals surface area contributed by atoms with E-state index in [1.165, 1.54) is 11.3 Å². The van der Waals surface area contributed by atoms with Gasteiger partial charge in [0.2, 0.25) is 0 Å². The molecule has 0 aliphatic heterocycles. The zero-order chi connectivity index (χ0) is 26.8. The maximum absolute atomic E-state index is 13.2. The van der Waals surface area contributed by atoms with E-state index in [1.54, 1.807) is 26.8 Å². The number of aryl methyl sites for hydroxylation is 1. The van der Waals surface area contributed by atoms with Crippen LogP contribution in [0.25, 0.3) is 6.08 Å². The smallest absolute Gasteiger partial charge is 0.309 e. The number of allylic oxidation sites excluding steroid dienone is 1. The standard InChI is InChI=1S/C28H43NO5S/c1-9-11-12-14-18(3)26(32)20(5)27(33)28(7,8)24(30)16-25(31)34-23(13-10-2)19(4)15-22-17-35-21(6)29-22/h9-10,15,17-18,20,23-24,26,30,32H,1-2,11-14,16H2,3-8H3/t18-,20+,23-,24?,26-/m0/s1. The Bertz CT molecular complexity index is 888. The normalized spacial score (nSPS) is 16.6. The lowest BCUT2D eigenvalue weighted by Gasteiger charge is -2.34. The van der Waals surface area contributed by atoms with Gasteiger partial charge in [-0.3, -0.25) is 9.59 Å². The SMILES string of the molecule is C=CCCC[C@H](C)[C@H](O)[C@@H](C)C(=O)C(C)(C)C(O)CC(=O)O[C@@H](CC=C)C(C)=Cc1csc(C)n1. The summed E-state index contributed by atoms with van der Waals surface area (Å²) in [6.45, 7) is 18.0. The van der Waals surface area contributed by atoms with E-state index in [1.807, 2.05) is 38.3 Å². The third-order valence-corrected chi connectivity index (χ3v) is 7.37. The van der Waals surface area contributed by atoms with Crippen LogP contribution in [-0.2, 0) is 14.3 Å². The lowest BCUT2D eigenvalue weighted by Crippen LogP contribution is -2.45. The average Bonchev–Trinajstić information content (AvgIpc) is 3.21. The molecule has 0 aliphatic rings. The molecule has 1 heterocycles. The molecule has 5 atom stereocenters. The van der Waals surface area contributed by atoms with Gasteiger partial charge >= 0.3 is 5.97 Å². The van der Waals surface area contributed by atoms with Crippen LogP contribution in [-0.4, -0.2) is 45.3 Å². The molecular formula is C28H43NO5S. The van der Waals surface area contributed by atoms with Gasteiger partial charge in [-0.05, 0) is 50.7 Å². The van der Waals surface area contributed by atoms with E-state index in [-0.39, 0.29) is 18.1 Å². The lowest BCUT2D eigenvalue weighted by atomic mass is 9.73. The van der Waals surface area contributed by atoms with E-state index in [9.17, 15) is 19.8 Å². The first-order chi connectivity index (χ1) is 16.3. The Kier molecular flexibility index (Phi) is 12.8. The number of ether oxygens (including phenoxy) is 1. The number of carbonyl (C=O) groups excluding carboxylic acids is 2. The van der Waals surface area contributed by atoms with Crippen molar-refractivity contribution < 1.29 is 24.5 Å². The van der Waals surface area contributed by atoms with Crippen molar-refractivity contribution in [2.24, 2.45) is 17.3 Å². The fraction of sp³-hybridized carbons (Fsp3) is 0.607. The minimum atomic E-state index is -1.25. The van der Waals surface area contributed by atoms with E-state index in [0.29, 0.717) is 6.42 Å². The maximum Gasteiger partial charge on any atom is 0.309 e. The van der Waals surface area contributed by atoms with E-state index in [2.05, 4.69) is 18.1 Å². The van der Waals surface area contributed by atoms with Crippen molar-refractivity contribution in [1.82, 2.24) is 4.98 Å². The third-order valence-electron chi connectivity index (χ3n) is 6.58.